The number of hydrogen-bond acceptors (Lipinski definition) is 4. The Kier molecular flexibility index (Phi) is 4.01. The number of amides is 1. The van der Waals surface area contributed by atoms with E-state index in [9.17, 15) is 4.79 Å². The molecule has 1 N–H and O–H groups in total. The first-order valence-electron chi connectivity index (χ1n) is 6.95. The van der Waals surface area contributed by atoms with Crippen molar-refractivity contribution in [3.05, 3.63) is 41.5 Å². The quantitative estimate of drug-likeness (QED) is 0.931. The van der Waals surface area contributed by atoms with Gasteiger partial charge < -0.3 is 10.1 Å². The molecule has 0 atom stereocenters. The minimum absolute atomic E-state index is 0.0217. The molecule has 0 saturated carbocycles. The van der Waals surface area contributed by atoms with Crippen LogP contribution in [0.4, 0.5) is 5.13 Å². The highest BCUT2D eigenvalue weighted by atomic mass is 32.1. The van der Waals surface area contributed by atoms with Crippen molar-refractivity contribution < 1.29 is 9.53 Å². The lowest BCUT2D eigenvalue weighted by Gasteiger charge is -2.01. The maximum atomic E-state index is 11.6. The molecule has 0 radical (unpaired) electrons. The van der Waals surface area contributed by atoms with Crippen molar-refractivity contribution in [2.24, 2.45) is 0 Å². The van der Waals surface area contributed by atoms with E-state index in [2.05, 4.69) is 10.3 Å². The van der Waals surface area contributed by atoms with Crippen LogP contribution in [0.15, 0.2) is 36.6 Å². The number of rotatable bonds is 4. The second-order valence-electron chi connectivity index (χ2n) is 4.73. The molecule has 1 aromatic heterocycles. The number of thiazole rings is 1. The van der Waals surface area contributed by atoms with Crippen molar-refractivity contribution >= 4 is 27.9 Å². The minimum atomic E-state index is -0.0217. The van der Waals surface area contributed by atoms with Crippen molar-refractivity contribution in [3.63, 3.8) is 0 Å². The summed E-state index contributed by atoms with van der Waals surface area (Å²) in [5, 5.41) is 3.49. The van der Waals surface area contributed by atoms with Crippen LogP contribution in [0.25, 0.3) is 16.8 Å². The Morgan fingerprint density at radius 1 is 1.38 bits per heavy atom. The van der Waals surface area contributed by atoms with Crippen LogP contribution in [0, 0.1) is 0 Å². The van der Waals surface area contributed by atoms with E-state index in [0.717, 1.165) is 28.1 Å². The third-order valence-corrected chi connectivity index (χ3v) is 4.29. The van der Waals surface area contributed by atoms with Crippen molar-refractivity contribution in [1.82, 2.24) is 4.98 Å². The summed E-state index contributed by atoms with van der Waals surface area (Å²) in [6.45, 7) is 2.54. The van der Waals surface area contributed by atoms with Gasteiger partial charge in [0.15, 0.2) is 5.13 Å². The van der Waals surface area contributed by atoms with Crippen molar-refractivity contribution in [3.8, 4) is 11.3 Å². The number of benzene rings is 1. The fourth-order valence-electron chi connectivity index (χ4n) is 2.14. The Morgan fingerprint density at radius 2 is 2.19 bits per heavy atom. The highest BCUT2D eigenvalue weighted by Crippen LogP contribution is 2.38. The summed E-state index contributed by atoms with van der Waals surface area (Å²) in [6.07, 6.45) is 3.12. The molecule has 5 heteroatoms. The summed E-state index contributed by atoms with van der Waals surface area (Å²) < 4.78 is 5.34. The monoisotopic (exact) mass is 300 g/mol. The number of hydrogen-bond donors (Lipinski definition) is 1. The second-order valence-corrected chi connectivity index (χ2v) is 5.73. The number of nitrogens with zero attached hydrogens (tertiary/aromatic N) is 1. The van der Waals surface area contributed by atoms with Crippen LogP contribution in [-0.4, -0.2) is 17.5 Å². The first-order valence-corrected chi connectivity index (χ1v) is 7.76. The number of anilines is 1. The van der Waals surface area contributed by atoms with Crippen LogP contribution < -0.4 is 5.32 Å². The number of carbonyl (C=O) groups is 1. The Morgan fingerprint density at radius 3 is 2.86 bits per heavy atom. The number of aromatic nitrogens is 1. The lowest BCUT2D eigenvalue weighted by molar-refractivity contribution is -0.115. The van der Waals surface area contributed by atoms with Gasteiger partial charge >= 0.3 is 0 Å². The first kappa shape index (κ1) is 13.8. The summed E-state index contributed by atoms with van der Waals surface area (Å²) in [7, 11) is 0. The molecule has 2 aromatic rings. The van der Waals surface area contributed by atoms with Crippen LogP contribution in [-0.2, 0) is 9.53 Å². The summed E-state index contributed by atoms with van der Waals surface area (Å²) in [5.74, 6) is -0.0217. The molecular formula is C16H16N2O2S. The molecule has 0 bridgehead atoms. The van der Waals surface area contributed by atoms with E-state index >= 15 is 0 Å². The van der Waals surface area contributed by atoms with E-state index in [-0.39, 0.29) is 5.91 Å². The Balaban J connectivity index is 2.02. The zero-order chi connectivity index (χ0) is 14.7. The molecule has 21 heavy (non-hydrogen) atoms. The van der Waals surface area contributed by atoms with Gasteiger partial charge in [-0.2, -0.15) is 0 Å². The summed E-state index contributed by atoms with van der Waals surface area (Å²) in [4.78, 5) is 17.3. The molecule has 0 fully saturated rings. The highest BCUT2D eigenvalue weighted by molar-refractivity contribution is 7.17. The average Bonchev–Trinajstić information content (AvgIpc) is 3.16. The predicted octanol–water partition coefficient (Wildman–Crippen LogP) is 3.92. The van der Waals surface area contributed by atoms with Gasteiger partial charge in [0.1, 0.15) is 0 Å². The first-order chi connectivity index (χ1) is 10.3. The molecule has 1 aliphatic heterocycles. The zero-order valence-electron chi connectivity index (χ0n) is 11.8. The molecule has 2 heterocycles. The number of nitrogens with one attached hydrogen (secondary N) is 1. The van der Waals surface area contributed by atoms with Crippen molar-refractivity contribution in [2.75, 3.05) is 11.9 Å². The third-order valence-electron chi connectivity index (χ3n) is 3.25. The molecule has 3 rings (SSSR count). The van der Waals surface area contributed by atoms with Gasteiger partial charge in [-0.15, -0.1) is 0 Å². The molecule has 0 unspecified atom stereocenters. The molecule has 1 aromatic carbocycles. The Hall–Kier alpha value is -2.14. The fourth-order valence-corrected chi connectivity index (χ4v) is 3.18. The van der Waals surface area contributed by atoms with E-state index < -0.39 is 0 Å². The van der Waals surface area contributed by atoms with Gasteiger partial charge in [-0.3, -0.25) is 4.79 Å². The van der Waals surface area contributed by atoms with Gasteiger partial charge in [0.2, 0.25) is 5.91 Å². The number of ether oxygens (including phenoxy) is 1. The molecule has 1 amide bonds. The summed E-state index contributed by atoms with van der Waals surface area (Å²) in [6, 6.07) is 10.0. The lowest BCUT2D eigenvalue weighted by atomic mass is 10.1. The predicted molar refractivity (Wildman–Crippen MR) is 85.0 cm³/mol. The van der Waals surface area contributed by atoms with Crippen molar-refractivity contribution in [2.45, 2.75) is 19.8 Å². The van der Waals surface area contributed by atoms with Crippen LogP contribution in [0.3, 0.4) is 0 Å². The standard InChI is InChI=1S/C16H16N2O2S/c1-2-13(19)17-16-18-14(11-6-4-3-5-7-11)15(21-16)12-8-9-20-10-12/h3-7,10H,2,8-9H2,1H3,(H,17,18,19). The second kappa shape index (κ2) is 6.10. The molecule has 1 aliphatic rings. The average molecular weight is 300 g/mol. The Labute approximate surface area is 127 Å². The Bertz CT molecular complexity index is 677. The third kappa shape index (κ3) is 2.97. The van der Waals surface area contributed by atoms with E-state index in [4.69, 9.17) is 4.74 Å². The highest BCUT2D eigenvalue weighted by Gasteiger charge is 2.19. The molecular weight excluding hydrogens is 284 g/mol. The fraction of sp³-hybridized carbons (Fsp3) is 0.250. The van der Waals surface area contributed by atoms with Gasteiger partial charge in [0.05, 0.1) is 23.4 Å². The van der Waals surface area contributed by atoms with Gasteiger partial charge in [-0.05, 0) is 0 Å². The molecule has 4 nitrogen and oxygen atoms in total. The summed E-state index contributed by atoms with van der Waals surface area (Å²) >= 11 is 1.50. The van der Waals surface area contributed by atoms with E-state index in [1.54, 1.807) is 6.26 Å². The van der Waals surface area contributed by atoms with Gasteiger partial charge in [-0.1, -0.05) is 48.6 Å². The molecule has 0 spiro atoms. The molecule has 0 saturated heterocycles. The van der Waals surface area contributed by atoms with Crippen LogP contribution in [0.2, 0.25) is 0 Å². The smallest absolute Gasteiger partial charge is 0.225 e. The number of carbonyl (C=O) groups excluding carboxylic acids is 1. The van der Waals surface area contributed by atoms with E-state index in [1.807, 2.05) is 37.3 Å². The molecule has 0 aliphatic carbocycles. The largest absolute Gasteiger partial charge is 0.501 e. The molecule has 108 valence electrons. The van der Waals surface area contributed by atoms with Crippen LogP contribution in [0.1, 0.15) is 24.6 Å². The topological polar surface area (TPSA) is 51.2 Å². The van der Waals surface area contributed by atoms with Gasteiger partial charge in [0, 0.05) is 24.0 Å². The summed E-state index contributed by atoms with van der Waals surface area (Å²) in [5.41, 5.74) is 3.10. The van der Waals surface area contributed by atoms with E-state index in [0.29, 0.717) is 18.2 Å². The van der Waals surface area contributed by atoms with Crippen LogP contribution in [0.5, 0.6) is 0 Å². The lowest BCUT2D eigenvalue weighted by Crippen LogP contribution is -2.08. The van der Waals surface area contributed by atoms with Crippen molar-refractivity contribution in [1.29, 1.82) is 0 Å². The normalized spacial score (nSPS) is 13.7. The maximum Gasteiger partial charge on any atom is 0.225 e. The van der Waals surface area contributed by atoms with E-state index in [1.165, 1.54) is 11.3 Å². The SMILES string of the molecule is CCC(=O)Nc1nc(-c2ccccc2)c(C2=COCC2)s1. The zero-order valence-corrected chi connectivity index (χ0v) is 12.6. The minimum Gasteiger partial charge on any atom is -0.501 e. The van der Waals surface area contributed by atoms with Gasteiger partial charge in [-0.25, -0.2) is 4.98 Å². The van der Waals surface area contributed by atoms with Crippen LogP contribution >= 0.6 is 11.3 Å². The maximum absolute atomic E-state index is 11.6. The van der Waals surface area contributed by atoms with Gasteiger partial charge in [0.25, 0.3) is 0 Å².